The Balaban J connectivity index is 2.06. The van der Waals surface area contributed by atoms with Gasteiger partial charge in [0.2, 0.25) is 0 Å². The average molecular weight is 246 g/mol. The van der Waals surface area contributed by atoms with Crippen molar-refractivity contribution in [2.24, 2.45) is 12.8 Å². The van der Waals surface area contributed by atoms with E-state index in [1.54, 1.807) is 16.9 Å². The molecule has 1 aliphatic rings. The molecule has 2 aromatic rings. The van der Waals surface area contributed by atoms with E-state index in [9.17, 15) is 4.79 Å². The van der Waals surface area contributed by atoms with Crippen molar-refractivity contribution >= 4 is 11.7 Å². The number of nitrogens with zero attached hydrogens (tertiary/aromatic N) is 4. The normalized spacial score (nSPS) is 18.2. The number of primary amides is 1. The van der Waals surface area contributed by atoms with Gasteiger partial charge < -0.3 is 11.1 Å². The number of hydrogen-bond acceptors (Lipinski definition) is 4. The third-order valence-electron chi connectivity index (χ3n) is 3.21. The molecule has 7 nitrogen and oxygen atoms in total. The fraction of sp³-hybridized carbons (Fsp3) is 0.364. The predicted molar refractivity (Wildman–Crippen MR) is 65.2 cm³/mol. The maximum absolute atomic E-state index is 11.2. The summed E-state index contributed by atoms with van der Waals surface area (Å²) >= 11 is 0. The van der Waals surface area contributed by atoms with E-state index in [2.05, 4.69) is 15.5 Å². The topological polar surface area (TPSA) is 90.8 Å². The molecule has 7 heteroatoms. The largest absolute Gasteiger partial charge is 0.370 e. The van der Waals surface area contributed by atoms with E-state index in [0.29, 0.717) is 0 Å². The number of fused-ring (bicyclic) bond motifs is 1. The molecule has 1 unspecified atom stereocenters. The van der Waals surface area contributed by atoms with E-state index in [1.807, 2.05) is 17.8 Å². The maximum atomic E-state index is 11.2. The lowest BCUT2D eigenvalue weighted by atomic mass is 10.1. The van der Waals surface area contributed by atoms with Crippen LogP contribution in [0.25, 0.3) is 0 Å². The second kappa shape index (κ2) is 3.86. The van der Waals surface area contributed by atoms with Crippen molar-refractivity contribution in [3.05, 3.63) is 29.7 Å². The number of carbonyl (C=O) groups is 1. The summed E-state index contributed by atoms with van der Waals surface area (Å²) in [6.07, 6.45) is 2.65. The summed E-state index contributed by atoms with van der Waals surface area (Å²) in [7, 11) is 1.90. The van der Waals surface area contributed by atoms with Gasteiger partial charge in [-0.05, 0) is 12.5 Å². The fourth-order valence-electron chi connectivity index (χ4n) is 2.33. The van der Waals surface area contributed by atoms with Gasteiger partial charge in [0, 0.05) is 25.9 Å². The van der Waals surface area contributed by atoms with Crippen molar-refractivity contribution in [1.82, 2.24) is 19.6 Å². The van der Waals surface area contributed by atoms with Crippen LogP contribution in [0, 0.1) is 0 Å². The molecule has 18 heavy (non-hydrogen) atoms. The van der Waals surface area contributed by atoms with Gasteiger partial charge in [0.1, 0.15) is 5.82 Å². The lowest BCUT2D eigenvalue weighted by Gasteiger charge is -2.25. The van der Waals surface area contributed by atoms with Gasteiger partial charge in [-0.3, -0.25) is 9.48 Å². The number of rotatable bonds is 2. The highest BCUT2D eigenvalue weighted by atomic mass is 16.1. The van der Waals surface area contributed by atoms with Crippen LogP contribution in [0.4, 0.5) is 5.82 Å². The van der Waals surface area contributed by atoms with Crippen LogP contribution in [-0.2, 0) is 7.05 Å². The molecule has 0 aromatic carbocycles. The number of aryl methyl sites for hydroxylation is 1. The molecule has 0 saturated heterocycles. The number of nitrogens with one attached hydrogen (secondary N) is 1. The molecule has 0 spiro atoms. The quantitative estimate of drug-likeness (QED) is 0.787. The number of carbonyl (C=O) groups excluding carboxylic acids is 1. The number of hydrogen-bond donors (Lipinski definition) is 2. The van der Waals surface area contributed by atoms with Crippen LogP contribution in [0.3, 0.4) is 0 Å². The molecule has 0 aliphatic carbocycles. The summed E-state index contributed by atoms with van der Waals surface area (Å²) in [6.45, 7) is 0.833. The van der Waals surface area contributed by atoms with Crippen molar-refractivity contribution in [2.45, 2.75) is 12.5 Å². The maximum Gasteiger partial charge on any atom is 0.269 e. The molecular formula is C11H14N6O. The van der Waals surface area contributed by atoms with E-state index in [1.165, 1.54) is 0 Å². The monoisotopic (exact) mass is 246 g/mol. The minimum Gasteiger partial charge on any atom is -0.370 e. The molecule has 1 amide bonds. The Morgan fingerprint density at radius 2 is 2.44 bits per heavy atom. The smallest absolute Gasteiger partial charge is 0.269 e. The number of aromatic nitrogens is 4. The highest BCUT2D eigenvalue weighted by Gasteiger charge is 2.26. The van der Waals surface area contributed by atoms with E-state index in [4.69, 9.17) is 5.73 Å². The van der Waals surface area contributed by atoms with Crippen molar-refractivity contribution in [3.8, 4) is 0 Å². The van der Waals surface area contributed by atoms with Crippen molar-refractivity contribution in [1.29, 1.82) is 0 Å². The summed E-state index contributed by atoms with van der Waals surface area (Å²) < 4.78 is 3.63. The first-order valence-electron chi connectivity index (χ1n) is 5.78. The summed E-state index contributed by atoms with van der Waals surface area (Å²) in [5.41, 5.74) is 6.61. The minimum absolute atomic E-state index is 0.0850. The first-order chi connectivity index (χ1) is 8.66. The zero-order valence-corrected chi connectivity index (χ0v) is 10.00. The lowest BCUT2D eigenvalue weighted by Crippen LogP contribution is -2.26. The Kier molecular flexibility index (Phi) is 2.32. The Labute approximate surface area is 104 Å². The molecule has 94 valence electrons. The molecule has 0 saturated carbocycles. The average Bonchev–Trinajstić information content (AvgIpc) is 2.94. The second-order valence-corrected chi connectivity index (χ2v) is 4.33. The van der Waals surface area contributed by atoms with Crippen LogP contribution in [0.15, 0.2) is 18.3 Å². The van der Waals surface area contributed by atoms with E-state index >= 15 is 0 Å². The van der Waals surface area contributed by atoms with Gasteiger partial charge in [-0.2, -0.15) is 10.2 Å². The summed E-state index contributed by atoms with van der Waals surface area (Å²) in [6, 6.07) is 3.73. The van der Waals surface area contributed by atoms with Crippen molar-refractivity contribution in [3.63, 3.8) is 0 Å². The Hall–Kier alpha value is -2.31. The number of amides is 1. The standard InChI is InChI=1S/C11H14N6O/c1-16-8(3-5-14-16)9-2-4-13-10-6-7(11(12)18)15-17(9)10/h3,5-6,9,13H,2,4H2,1H3,(H2,12,18). The lowest BCUT2D eigenvalue weighted by molar-refractivity contribution is 0.0994. The Morgan fingerprint density at radius 1 is 1.61 bits per heavy atom. The molecule has 3 heterocycles. The van der Waals surface area contributed by atoms with Crippen LogP contribution >= 0.6 is 0 Å². The summed E-state index contributed by atoms with van der Waals surface area (Å²) in [4.78, 5) is 11.2. The van der Waals surface area contributed by atoms with Crippen LogP contribution < -0.4 is 11.1 Å². The Bertz CT molecular complexity index is 598. The first-order valence-corrected chi connectivity index (χ1v) is 5.78. The van der Waals surface area contributed by atoms with Gasteiger partial charge in [-0.25, -0.2) is 4.68 Å². The minimum atomic E-state index is -0.512. The number of nitrogens with two attached hydrogens (primary N) is 1. The van der Waals surface area contributed by atoms with E-state index in [-0.39, 0.29) is 11.7 Å². The fourth-order valence-corrected chi connectivity index (χ4v) is 2.33. The predicted octanol–water partition coefficient (Wildman–Crippen LogP) is 0.120. The van der Waals surface area contributed by atoms with Crippen LogP contribution in [0.2, 0.25) is 0 Å². The van der Waals surface area contributed by atoms with Gasteiger partial charge >= 0.3 is 0 Å². The van der Waals surface area contributed by atoms with Crippen LogP contribution in [0.1, 0.15) is 28.6 Å². The van der Waals surface area contributed by atoms with Crippen molar-refractivity contribution < 1.29 is 4.79 Å². The van der Waals surface area contributed by atoms with Crippen LogP contribution in [0.5, 0.6) is 0 Å². The summed E-state index contributed by atoms with van der Waals surface area (Å²) in [5.74, 6) is 0.309. The molecule has 0 fully saturated rings. The summed E-state index contributed by atoms with van der Waals surface area (Å²) in [5, 5.41) is 11.6. The SMILES string of the molecule is Cn1nccc1C1CCNc2cc(C(N)=O)nn21. The number of anilines is 1. The molecule has 1 atom stereocenters. The Morgan fingerprint density at radius 3 is 3.11 bits per heavy atom. The highest BCUT2D eigenvalue weighted by Crippen LogP contribution is 2.29. The zero-order valence-electron chi connectivity index (χ0n) is 10.00. The van der Waals surface area contributed by atoms with E-state index in [0.717, 1.165) is 24.5 Å². The molecule has 2 aromatic heterocycles. The van der Waals surface area contributed by atoms with Crippen molar-refractivity contribution in [2.75, 3.05) is 11.9 Å². The third-order valence-corrected chi connectivity index (χ3v) is 3.21. The van der Waals surface area contributed by atoms with E-state index < -0.39 is 5.91 Å². The highest BCUT2D eigenvalue weighted by molar-refractivity contribution is 5.91. The first kappa shape index (κ1) is 10.8. The second-order valence-electron chi connectivity index (χ2n) is 4.33. The molecule has 1 aliphatic heterocycles. The molecule has 0 bridgehead atoms. The zero-order chi connectivity index (χ0) is 12.7. The van der Waals surface area contributed by atoms with Gasteiger partial charge in [0.25, 0.3) is 5.91 Å². The van der Waals surface area contributed by atoms with Gasteiger partial charge in [0.05, 0.1) is 11.7 Å². The van der Waals surface area contributed by atoms with Gasteiger partial charge in [-0.1, -0.05) is 0 Å². The molecule has 0 radical (unpaired) electrons. The third kappa shape index (κ3) is 1.55. The van der Waals surface area contributed by atoms with Crippen LogP contribution in [-0.4, -0.2) is 32.0 Å². The molecule has 3 N–H and O–H groups in total. The van der Waals surface area contributed by atoms with Gasteiger partial charge in [-0.15, -0.1) is 0 Å². The van der Waals surface area contributed by atoms with Gasteiger partial charge in [0.15, 0.2) is 5.69 Å². The molecule has 3 rings (SSSR count). The molecular weight excluding hydrogens is 232 g/mol.